The molecule has 4 N–H and O–H groups in total. The number of carbonyl (C=O) groups is 4. The molecule has 254 valence electrons. The summed E-state index contributed by atoms with van der Waals surface area (Å²) in [5, 5.41) is 19.6. The Labute approximate surface area is 280 Å². The van der Waals surface area contributed by atoms with Gasteiger partial charge in [-0.1, -0.05) is 48.0 Å². The molecule has 0 aliphatic carbocycles. The first-order chi connectivity index (χ1) is 22.3. The predicted octanol–water partition coefficient (Wildman–Crippen LogP) is 1.42. The lowest BCUT2D eigenvalue weighted by Gasteiger charge is -2.29. The number of ketones is 1. The summed E-state index contributed by atoms with van der Waals surface area (Å²) >= 11 is -0.809. The smallest absolute Gasteiger partial charge is 0.263 e. The van der Waals surface area contributed by atoms with E-state index in [1.165, 1.54) is 27.3 Å². The van der Waals surface area contributed by atoms with Crippen molar-refractivity contribution < 1.29 is 42.2 Å². The number of aryl methyl sites for hydroxylation is 2. The highest BCUT2D eigenvalue weighted by Gasteiger charge is 2.39. The molecule has 0 aliphatic heterocycles. The van der Waals surface area contributed by atoms with Crippen LogP contribution < -0.4 is 16.0 Å². The zero-order valence-electron chi connectivity index (χ0n) is 26.8. The minimum atomic E-state index is -2.16. The maximum absolute atomic E-state index is 13.7. The molecule has 15 heteroatoms. The molecule has 0 radical (unpaired) electrons. The molecule has 0 bridgehead atoms. The number of ether oxygens (including phenoxy) is 2. The van der Waals surface area contributed by atoms with Gasteiger partial charge in [-0.05, 0) is 44.9 Å². The number of hydrogen-bond acceptors (Lipinski definition) is 11. The largest absolute Gasteiger partial charge is 0.382 e. The molecule has 47 heavy (non-hydrogen) atoms. The van der Waals surface area contributed by atoms with Gasteiger partial charge in [-0.2, -0.15) is 0 Å². The van der Waals surface area contributed by atoms with Crippen LogP contribution in [0.25, 0.3) is 0 Å². The Morgan fingerprint density at radius 1 is 0.894 bits per heavy atom. The van der Waals surface area contributed by atoms with Crippen molar-refractivity contribution in [2.45, 2.75) is 55.8 Å². The lowest BCUT2D eigenvalue weighted by atomic mass is 9.91. The van der Waals surface area contributed by atoms with Gasteiger partial charge in [0.25, 0.3) is 5.91 Å². The number of carbonyl (C=O) groups excluding carboxylic acids is 4. The van der Waals surface area contributed by atoms with Crippen LogP contribution in [0.1, 0.15) is 32.7 Å². The van der Waals surface area contributed by atoms with E-state index in [9.17, 15) is 28.5 Å². The number of amides is 3. The molecule has 0 aliphatic rings. The molecule has 1 heterocycles. The summed E-state index contributed by atoms with van der Waals surface area (Å²) in [7, 11) is 2.68. The Morgan fingerprint density at radius 2 is 1.47 bits per heavy atom. The van der Waals surface area contributed by atoms with E-state index >= 15 is 0 Å². The third-order valence-corrected chi connectivity index (χ3v) is 8.77. The van der Waals surface area contributed by atoms with Crippen molar-refractivity contribution in [3.63, 3.8) is 0 Å². The second-order valence-electron chi connectivity index (χ2n) is 10.9. The van der Waals surface area contributed by atoms with Gasteiger partial charge in [-0.25, -0.2) is 9.19 Å². The summed E-state index contributed by atoms with van der Waals surface area (Å²) in [6.45, 7) is 3.73. The van der Waals surface area contributed by atoms with Crippen molar-refractivity contribution in [1.29, 1.82) is 0 Å². The number of rotatable bonds is 18. The van der Waals surface area contributed by atoms with E-state index in [4.69, 9.17) is 13.7 Å². The van der Waals surface area contributed by atoms with Gasteiger partial charge < -0.3 is 30.5 Å². The quantitative estimate of drug-likeness (QED) is 0.153. The van der Waals surface area contributed by atoms with Crippen LogP contribution in [-0.4, -0.2) is 95.6 Å². The van der Waals surface area contributed by atoms with Crippen molar-refractivity contribution in [3.05, 3.63) is 81.8 Å². The molecule has 13 nitrogen and oxygen atoms in total. The van der Waals surface area contributed by atoms with Crippen LogP contribution in [-0.2, 0) is 45.5 Å². The van der Waals surface area contributed by atoms with Gasteiger partial charge in [0, 0.05) is 14.2 Å². The van der Waals surface area contributed by atoms with E-state index in [1.54, 1.807) is 61.5 Å². The number of aromatic nitrogens is 1. The first kappa shape index (κ1) is 37.6. The van der Waals surface area contributed by atoms with Crippen LogP contribution >= 0.6 is 11.3 Å². The first-order valence-corrected chi connectivity index (χ1v) is 16.5. The number of nitrogens with zero attached hydrogens (tertiary/aromatic N) is 1. The van der Waals surface area contributed by atoms with E-state index < -0.39 is 64.9 Å². The Bertz CT molecular complexity index is 1530. The Kier molecular flexibility index (Phi) is 14.3. The maximum Gasteiger partial charge on any atom is 0.263 e. The van der Waals surface area contributed by atoms with Crippen LogP contribution in [0, 0.1) is 13.8 Å². The van der Waals surface area contributed by atoms with Crippen molar-refractivity contribution in [2.24, 2.45) is 0 Å². The maximum atomic E-state index is 13.7. The summed E-state index contributed by atoms with van der Waals surface area (Å²) < 4.78 is 28.3. The zero-order chi connectivity index (χ0) is 34.6. The number of nitrogens with one attached hydrogen (secondary N) is 3. The van der Waals surface area contributed by atoms with Crippen LogP contribution in [0.15, 0.2) is 65.7 Å². The molecule has 1 aromatic heterocycles. The molecule has 5 atom stereocenters. The lowest BCUT2D eigenvalue weighted by molar-refractivity contribution is -0.143. The number of methoxy groups -OCH3 is 2. The fourth-order valence-corrected chi connectivity index (χ4v) is 5.84. The third kappa shape index (κ3) is 11.4. The minimum absolute atomic E-state index is 0.00706. The van der Waals surface area contributed by atoms with Crippen LogP contribution in [0.4, 0.5) is 0 Å². The van der Waals surface area contributed by atoms with Crippen LogP contribution in [0.5, 0.6) is 0 Å². The second kappa shape index (κ2) is 17.9. The van der Waals surface area contributed by atoms with E-state index in [0.717, 1.165) is 16.9 Å². The molecular weight excluding hydrogens is 649 g/mol. The van der Waals surface area contributed by atoms with Crippen molar-refractivity contribution in [2.75, 3.05) is 34.0 Å². The molecule has 0 saturated heterocycles. The molecule has 3 aromatic rings. The molecule has 2 aromatic carbocycles. The lowest BCUT2D eigenvalue weighted by Crippen LogP contribution is -2.60. The van der Waals surface area contributed by atoms with Gasteiger partial charge >= 0.3 is 0 Å². The van der Waals surface area contributed by atoms with E-state index in [-0.39, 0.29) is 19.6 Å². The fourth-order valence-electron chi connectivity index (χ4n) is 4.33. The van der Waals surface area contributed by atoms with Gasteiger partial charge in [0.15, 0.2) is 16.9 Å². The first-order valence-electron chi connectivity index (χ1n) is 14.6. The number of benzene rings is 2. The molecular formula is C32H40N4O9S2. The molecule has 2 unspecified atom stereocenters. The third-order valence-electron chi connectivity index (χ3n) is 6.87. The van der Waals surface area contributed by atoms with Gasteiger partial charge in [0.2, 0.25) is 11.8 Å². The normalized spacial score (nSPS) is 15.0. The van der Waals surface area contributed by atoms with Gasteiger partial charge in [0.05, 0.1) is 42.0 Å². The Morgan fingerprint density at radius 3 is 2.02 bits per heavy atom. The summed E-state index contributed by atoms with van der Waals surface area (Å²) in [5.41, 5.74) is -0.518. The number of hydrogen-bond donors (Lipinski definition) is 4. The summed E-state index contributed by atoms with van der Waals surface area (Å²) in [6, 6.07) is 11.8. The average molecular weight is 689 g/mol. The van der Waals surface area contributed by atoms with Crippen molar-refractivity contribution in [1.82, 2.24) is 20.9 Å². The molecule has 0 spiro atoms. The Balaban J connectivity index is 1.76. The number of aliphatic hydroxyl groups is 1. The van der Waals surface area contributed by atoms with Gasteiger partial charge in [-0.15, -0.1) is 11.3 Å². The summed E-state index contributed by atoms with van der Waals surface area (Å²) in [6.07, 6.45) is 1.38. The molecule has 3 amide bonds. The van der Waals surface area contributed by atoms with E-state index in [1.807, 2.05) is 6.92 Å². The molecule has 0 fully saturated rings. The fraction of sp³-hybridized carbons (Fsp3) is 0.406. The highest BCUT2D eigenvalue weighted by Crippen LogP contribution is 2.17. The van der Waals surface area contributed by atoms with Crippen molar-refractivity contribution >= 4 is 45.9 Å². The SMILES string of the molecule is COC[C@H](NC(=O)c1cnc(C)s1)C(=O)N[C@H](COC)C(=O)N[C@@H](Cc1ccccc1)C(=O)C(C)(O)COS(=O)c1ccc(C)cc1. The number of Topliss-reactive ketones (excluding diaryl/α,β-unsaturated/α-hetero) is 1. The summed E-state index contributed by atoms with van der Waals surface area (Å²) in [5.74, 6) is -2.86. The average Bonchev–Trinajstić information content (AvgIpc) is 3.49. The zero-order valence-corrected chi connectivity index (χ0v) is 28.4. The highest BCUT2D eigenvalue weighted by atomic mass is 32.2. The van der Waals surface area contributed by atoms with Gasteiger partial charge in [0.1, 0.15) is 22.6 Å². The van der Waals surface area contributed by atoms with Crippen LogP contribution in [0.3, 0.4) is 0 Å². The standard InChI is InChI=1S/C32H40N4O9S2/c1-20-11-13-23(14-12-20)47(42)45-19-32(3,41)28(37)24(15-22-9-7-6-8-10-22)34-29(38)25(17-43-4)35-30(39)26(18-44-5)36-31(40)27-16-33-21(2)46-27/h6-14,16,24-26,41H,15,17-19H2,1-5H3,(H,34,38)(H,35,39)(H,36,40)/t24-,25+,26-,32?,47?/m0/s1. The minimum Gasteiger partial charge on any atom is -0.382 e. The molecule has 3 rings (SSSR count). The summed E-state index contributed by atoms with van der Waals surface area (Å²) in [4.78, 5) is 57.9. The number of thiazole rings is 1. The van der Waals surface area contributed by atoms with Crippen LogP contribution in [0.2, 0.25) is 0 Å². The monoisotopic (exact) mass is 688 g/mol. The Hall–Kier alpha value is -3.86. The second-order valence-corrected chi connectivity index (χ2v) is 13.4. The van der Waals surface area contributed by atoms with Crippen molar-refractivity contribution in [3.8, 4) is 0 Å². The predicted molar refractivity (Wildman–Crippen MR) is 175 cm³/mol. The topological polar surface area (TPSA) is 182 Å². The molecule has 0 saturated carbocycles. The highest BCUT2D eigenvalue weighted by molar-refractivity contribution is 7.80. The van der Waals surface area contributed by atoms with Gasteiger partial charge in [-0.3, -0.25) is 23.4 Å². The van der Waals surface area contributed by atoms with E-state index in [2.05, 4.69) is 20.9 Å². The van der Waals surface area contributed by atoms with E-state index in [0.29, 0.717) is 20.3 Å².